The molecular formula is C8H17N3O. The fourth-order valence-electron chi connectivity index (χ4n) is 1.39. The first-order valence-corrected chi connectivity index (χ1v) is 4.38. The summed E-state index contributed by atoms with van der Waals surface area (Å²) in [6, 6.07) is 0. The maximum absolute atomic E-state index is 11.4. The molecule has 0 aromatic heterocycles. The number of hydrazine groups is 1. The topological polar surface area (TPSA) is 44.4 Å². The summed E-state index contributed by atoms with van der Waals surface area (Å²) < 4.78 is 0. The monoisotopic (exact) mass is 171 g/mol. The van der Waals surface area contributed by atoms with Crippen molar-refractivity contribution in [1.82, 2.24) is 15.8 Å². The van der Waals surface area contributed by atoms with Crippen LogP contribution in [0.5, 0.6) is 0 Å². The standard InChI is InChI=1S/C8H17N3O/c1-11(2)10-8(12)7-4-3-5-9-6-7/h7,9H,3-6H2,1-2H3,(H,10,12)/t7-/m1/s1. The van der Waals surface area contributed by atoms with Crippen molar-refractivity contribution in [2.24, 2.45) is 5.92 Å². The van der Waals surface area contributed by atoms with E-state index in [4.69, 9.17) is 0 Å². The van der Waals surface area contributed by atoms with Crippen LogP contribution in [0.1, 0.15) is 12.8 Å². The normalized spacial score (nSPS) is 24.1. The smallest absolute Gasteiger partial charge is 0.238 e. The maximum atomic E-state index is 11.4. The number of nitrogens with zero attached hydrogens (tertiary/aromatic N) is 1. The second kappa shape index (κ2) is 4.42. The summed E-state index contributed by atoms with van der Waals surface area (Å²) in [5.41, 5.74) is 2.77. The number of carbonyl (C=O) groups is 1. The van der Waals surface area contributed by atoms with Crippen LogP contribution in [0.4, 0.5) is 0 Å². The summed E-state index contributed by atoms with van der Waals surface area (Å²) in [7, 11) is 3.66. The molecule has 1 heterocycles. The zero-order valence-electron chi connectivity index (χ0n) is 7.76. The molecule has 0 radical (unpaired) electrons. The Labute approximate surface area is 73.3 Å². The highest BCUT2D eigenvalue weighted by molar-refractivity contribution is 5.78. The van der Waals surface area contributed by atoms with Crippen LogP contribution >= 0.6 is 0 Å². The minimum Gasteiger partial charge on any atom is -0.316 e. The molecule has 0 bridgehead atoms. The van der Waals surface area contributed by atoms with Gasteiger partial charge >= 0.3 is 0 Å². The third kappa shape index (κ3) is 2.79. The van der Waals surface area contributed by atoms with Crippen molar-refractivity contribution in [3.63, 3.8) is 0 Å². The van der Waals surface area contributed by atoms with E-state index < -0.39 is 0 Å². The molecule has 1 aliphatic heterocycles. The van der Waals surface area contributed by atoms with Crippen molar-refractivity contribution < 1.29 is 4.79 Å². The van der Waals surface area contributed by atoms with E-state index in [1.54, 1.807) is 5.01 Å². The van der Waals surface area contributed by atoms with E-state index in [0.717, 1.165) is 25.9 Å². The quantitative estimate of drug-likeness (QED) is 0.555. The Hall–Kier alpha value is -0.610. The van der Waals surface area contributed by atoms with E-state index in [2.05, 4.69) is 10.7 Å². The van der Waals surface area contributed by atoms with Gasteiger partial charge in [-0.3, -0.25) is 10.2 Å². The second-order valence-corrected chi connectivity index (χ2v) is 3.41. The lowest BCUT2D eigenvalue weighted by Gasteiger charge is -2.23. The van der Waals surface area contributed by atoms with E-state index in [9.17, 15) is 4.79 Å². The Morgan fingerprint density at radius 2 is 2.33 bits per heavy atom. The van der Waals surface area contributed by atoms with Crippen LogP contribution < -0.4 is 10.7 Å². The molecule has 0 aliphatic carbocycles. The Balaban J connectivity index is 2.30. The van der Waals surface area contributed by atoms with Gasteiger partial charge in [0.15, 0.2) is 0 Å². The molecule has 1 saturated heterocycles. The molecule has 12 heavy (non-hydrogen) atoms. The predicted molar refractivity (Wildman–Crippen MR) is 47.4 cm³/mol. The Morgan fingerprint density at radius 1 is 1.58 bits per heavy atom. The van der Waals surface area contributed by atoms with E-state index in [1.807, 2.05) is 14.1 Å². The van der Waals surface area contributed by atoms with Gasteiger partial charge in [-0.25, -0.2) is 5.01 Å². The number of amides is 1. The van der Waals surface area contributed by atoms with Crippen LogP contribution in [0.2, 0.25) is 0 Å². The zero-order chi connectivity index (χ0) is 8.97. The van der Waals surface area contributed by atoms with Crippen LogP contribution in [-0.2, 0) is 4.79 Å². The second-order valence-electron chi connectivity index (χ2n) is 3.41. The van der Waals surface area contributed by atoms with E-state index in [1.165, 1.54) is 0 Å². The van der Waals surface area contributed by atoms with Crippen LogP contribution in [0.15, 0.2) is 0 Å². The molecule has 2 N–H and O–H groups in total. The van der Waals surface area contributed by atoms with E-state index >= 15 is 0 Å². The lowest BCUT2D eigenvalue weighted by Crippen LogP contribution is -2.45. The summed E-state index contributed by atoms with van der Waals surface area (Å²) >= 11 is 0. The number of hydrogen-bond donors (Lipinski definition) is 2. The average molecular weight is 171 g/mol. The summed E-state index contributed by atoms with van der Waals surface area (Å²) in [6.45, 7) is 1.87. The number of nitrogens with one attached hydrogen (secondary N) is 2. The zero-order valence-corrected chi connectivity index (χ0v) is 7.76. The SMILES string of the molecule is CN(C)NC(=O)[C@@H]1CCCNC1. The lowest BCUT2D eigenvalue weighted by molar-refractivity contribution is -0.129. The summed E-state index contributed by atoms with van der Waals surface area (Å²) in [6.07, 6.45) is 2.11. The van der Waals surface area contributed by atoms with Gasteiger partial charge in [0, 0.05) is 20.6 Å². The Morgan fingerprint density at radius 3 is 2.83 bits per heavy atom. The van der Waals surface area contributed by atoms with Crippen molar-refractivity contribution in [1.29, 1.82) is 0 Å². The van der Waals surface area contributed by atoms with E-state index in [0.29, 0.717) is 0 Å². The van der Waals surface area contributed by atoms with Gasteiger partial charge in [0.2, 0.25) is 5.91 Å². The number of carbonyl (C=O) groups excluding carboxylic acids is 1. The first-order valence-electron chi connectivity index (χ1n) is 4.38. The molecule has 4 nitrogen and oxygen atoms in total. The van der Waals surface area contributed by atoms with Crippen LogP contribution in [0, 0.1) is 5.92 Å². The van der Waals surface area contributed by atoms with Gasteiger partial charge in [0.25, 0.3) is 0 Å². The maximum Gasteiger partial charge on any atom is 0.238 e. The first-order chi connectivity index (χ1) is 5.70. The molecule has 0 spiro atoms. The minimum atomic E-state index is 0.132. The summed E-state index contributed by atoms with van der Waals surface area (Å²) in [4.78, 5) is 11.4. The molecule has 70 valence electrons. The highest BCUT2D eigenvalue weighted by Crippen LogP contribution is 2.09. The van der Waals surface area contributed by atoms with Crippen LogP contribution in [0.3, 0.4) is 0 Å². The summed E-state index contributed by atoms with van der Waals surface area (Å²) in [5, 5.41) is 4.90. The summed E-state index contributed by atoms with van der Waals surface area (Å²) in [5.74, 6) is 0.286. The predicted octanol–water partition coefficient (Wildman–Crippen LogP) is -0.421. The molecule has 0 saturated carbocycles. The molecule has 0 aromatic rings. The minimum absolute atomic E-state index is 0.132. The Bertz CT molecular complexity index is 152. The van der Waals surface area contributed by atoms with Crippen molar-refractivity contribution in [2.45, 2.75) is 12.8 Å². The number of rotatable bonds is 2. The van der Waals surface area contributed by atoms with Gasteiger partial charge in [-0.15, -0.1) is 0 Å². The molecule has 1 rings (SSSR count). The average Bonchev–Trinajstić information content (AvgIpc) is 2.05. The van der Waals surface area contributed by atoms with Gasteiger partial charge in [-0.1, -0.05) is 0 Å². The van der Waals surface area contributed by atoms with Crippen molar-refractivity contribution in [3.05, 3.63) is 0 Å². The molecule has 4 heteroatoms. The van der Waals surface area contributed by atoms with Crippen LogP contribution in [0.25, 0.3) is 0 Å². The third-order valence-corrected chi connectivity index (χ3v) is 2.00. The first kappa shape index (κ1) is 9.48. The van der Waals surface area contributed by atoms with Crippen LogP contribution in [-0.4, -0.2) is 38.1 Å². The highest BCUT2D eigenvalue weighted by Gasteiger charge is 2.20. The Kier molecular flexibility index (Phi) is 3.49. The molecule has 0 aromatic carbocycles. The highest BCUT2D eigenvalue weighted by atomic mass is 16.2. The number of hydrogen-bond acceptors (Lipinski definition) is 3. The van der Waals surface area contributed by atoms with Gasteiger partial charge in [-0.05, 0) is 19.4 Å². The van der Waals surface area contributed by atoms with E-state index in [-0.39, 0.29) is 11.8 Å². The lowest BCUT2D eigenvalue weighted by atomic mass is 9.99. The molecule has 1 fully saturated rings. The van der Waals surface area contributed by atoms with Gasteiger partial charge in [0.1, 0.15) is 0 Å². The molecule has 1 aliphatic rings. The van der Waals surface area contributed by atoms with Gasteiger partial charge < -0.3 is 5.32 Å². The van der Waals surface area contributed by atoms with Crippen molar-refractivity contribution in [3.8, 4) is 0 Å². The van der Waals surface area contributed by atoms with Crippen molar-refractivity contribution in [2.75, 3.05) is 27.2 Å². The molecule has 0 unspecified atom stereocenters. The van der Waals surface area contributed by atoms with Gasteiger partial charge in [0.05, 0.1) is 5.92 Å². The molecule has 1 atom stereocenters. The fraction of sp³-hybridized carbons (Fsp3) is 0.875. The van der Waals surface area contributed by atoms with Gasteiger partial charge in [-0.2, -0.15) is 0 Å². The molecule has 1 amide bonds. The number of piperidine rings is 1. The fourth-order valence-corrected chi connectivity index (χ4v) is 1.39. The van der Waals surface area contributed by atoms with Crippen molar-refractivity contribution >= 4 is 5.91 Å². The largest absolute Gasteiger partial charge is 0.316 e. The molecular weight excluding hydrogens is 154 g/mol. The third-order valence-electron chi connectivity index (χ3n) is 2.00.